The van der Waals surface area contributed by atoms with E-state index in [1.54, 1.807) is 48.9 Å². The second-order valence-electron chi connectivity index (χ2n) is 8.00. The van der Waals surface area contributed by atoms with Crippen molar-refractivity contribution < 1.29 is 22.8 Å². The zero-order chi connectivity index (χ0) is 26.2. The van der Waals surface area contributed by atoms with Crippen LogP contribution in [0.3, 0.4) is 0 Å². The lowest BCUT2D eigenvalue weighted by Crippen LogP contribution is -2.14. The van der Waals surface area contributed by atoms with Crippen LogP contribution in [0.25, 0.3) is 22.3 Å². The first-order valence-corrected chi connectivity index (χ1v) is 11.2. The fourth-order valence-electron chi connectivity index (χ4n) is 3.67. The lowest BCUT2D eigenvalue weighted by atomic mass is 10.0. The topological polar surface area (TPSA) is 101 Å². The number of anilines is 1. The molecule has 0 unspecified atom stereocenters. The molecule has 2 heterocycles. The number of carbonyl (C=O) groups is 2. The van der Waals surface area contributed by atoms with Crippen molar-refractivity contribution in [2.45, 2.75) is 6.18 Å². The number of fused-ring (bicyclic) bond motifs is 1. The molecule has 11 heteroatoms. The molecule has 2 aromatic heterocycles. The second kappa shape index (κ2) is 9.47. The number of hydrogen-bond donors (Lipinski definition) is 2. The van der Waals surface area contributed by atoms with Crippen molar-refractivity contribution in [1.82, 2.24) is 20.2 Å². The highest BCUT2D eigenvalue weighted by atomic mass is 35.5. The maximum atomic E-state index is 13.2. The number of aromatic nitrogens is 4. The Morgan fingerprint density at radius 1 is 0.892 bits per heavy atom. The summed E-state index contributed by atoms with van der Waals surface area (Å²) in [4.78, 5) is 34.7. The number of halogens is 4. The van der Waals surface area contributed by atoms with E-state index >= 15 is 0 Å². The molecular weight excluding hydrogens is 507 g/mol. The van der Waals surface area contributed by atoms with Crippen molar-refractivity contribution in [1.29, 1.82) is 0 Å². The van der Waals surface area contributed by atoms with Gasteiger partial charge in [-0.25, -0.2) is 4.98 Å². The lowest BCUT2D eigenvalue weighted by Gasteiger charge is -2.12. The van der Waals surface area contributed by atoms with Crippen LogP contribution in [0.5, 0.6) is 0 Å². The number of H-pyrrole nitrogens is 1. The van der Waals surface area contributed by atoms with Gasteiger partial charge < -0.3 is 5.32 Å². The van der Waals surface area contributed by atoms with E-state index in [1.807, 2.05) is 0 Å². The zero-order valence-corrected chi connectivity index (χ0v) is 19.4. The van der Waals surface area contributed by atoms with Gasteiger partial charge in [0.05, 0.1) is 39.7 Å². The van der Waals surface area contributed by atoms with Crippen LogP contribution in [0.15, 0.2) is 79.3 Å². The molecule has 2 N–H and O–H groups in total. The SMILES string of the molecule is O=C(Nc1cccc(C(=O)c2ccc3ncc(-c4cn[nH]c4)nc3c2)c1)c1ccc(Cl)c(C(F)(F)F)c1. The molecule has 0 spiro atoms. The molecule has 0 radical (unpaired) electrons. The number of rotatable bonds is 5. The highest BCUT2D eigenvalue weighted by molar-refractivity contribution is 6.31. The summed E-state index contributed by atoms with van der Waals surface area (Å²) in [7, 11) is 0. The van der Waals surface area contributed by atoms with Crippen LogP contribution in [0.4, 0.5) is 18.9 Å². The van der Waals surface area contributed by atoms with Crippen LogP contribution < -0.4 is 5.32 Å². The monoisotopic (exact) mass is 521 g/mol. The number of ketones is 1. The molecular formula is C26H15ClF3N5O2. The maximum absolute atomic E-state index is 13.2. The molecule has 0 bridgehead atoms. The summed E-state index contributed by atoms with van der Waals surface area (Å²) in [5, 5.41) is 8.63. The van der Waals surface area contributed by atoms with Crippen molar-refractivity contribution in [3.05, 3.63) is 107 Å². The van der Waals surface area contributed by atoms with Gasteiger partial charge in [0.1, 0.15) is 0 Å². The first-order valence-electron chi connectivity index (χ1n) is 10.8. The van der Waals surface area contributed by atoms with Crippen LogP contribution in [-0.2, 0) is 6.18 Å². The molecule has 1 amide bonds. The molecule has 5 aromatic rings. The number of amides is 1. The Labute approximate surface area is 212 Å². The van der Waals surface area contributed by atoms with Crippen LogP contribution >= 0.6 is 11.6 Å². The summed E-state index contributed by atoms with van der Waals surface area (Å²) in [6.07, 6.45) is 0.194. The van der Waals surface area contributed by atoms with E-state index in [9.17, 15) is 22.8 Å². The third-order valence-electron chi connectivity index (χ3n) is 5.51. The van der Waals surface area contributed by atoms with E-state index in [2.05, 4.69) is 25.5 Å². The number of benzene rings is 3. The minimum absolute atomic E-state index is 0.227. The summed E-state index contributed by atoms with van der Waals surface area (Å²) in [6.45, 7) is 0. The van der Waals surface area contributed by atoms with Crippen molar-refractivity contribution in [3.63, 3.8) is 0 Å². The van der Waals surface area contributed by atoms with Crippen molar-refractivity contribution in [3.8, 4) is 11.3 Å². The zero-order valence-electron chi connectivity index (χ0n) is 18.7. The van der Waals surface area contributed by atoms with E-state index in [0.717, 1.165) is 11.6 Å². The quantitative estimate of drug-likeness (QED) is 0.269. The highest BCUT2D eigenvalue weighted by Crippen LogP contribution is 2.35. The van der Waals surface area contributed by atoms with Crippen LogP contribution in [0, 0.1) is 0 Å². The smallest absolute Gasteiger partial charge is 0.322 e. The van der Waals surface area contributed by atoms with E-state index in [0.29, 0.717) is 28.4 Å². The molecule has 0 saturated heterocycles. The molecule has 7 nitrogen and oxygen atoms in total. The fourth-order valence-corrected chi connectivity index (χ4v) is 3.90. The molecule has 0 aliphatic heterocycles. The average Bonchev–Trinajstić information content (AvgIpc) is 3.42. The van der Waals surface area contributed by atoms with Gasteiger partial charge >= 0.3 is 6.18 Å². The summed E-state index contributed by atoms with van der Waals surface area (Å²) >= 11 is 5.63. The van der Waals surface area contributed by atoms with Crippen LogP contribution in [0.2, 0.25) is 5.02 Å². The van der Waals surface area contributed by atoms with Crippen LogP contribution in [-0.4, -0.2) is 31.9 Å². The molecule has 5 rings (SSSR count). The van der Waals surface area contributed by atoms with Crippen LogP contribution in [0.1, 0.15) is 31.8 Å². The van der Waals surface area contributed by atoms with E-state index < -0.39 is 22.7 Å². The Kier molecular flexibility index (Phi) is 6.18. The standard InChI is InChI=1S/C26H15ClF3N5O2/c27-20-6-4-16(9-19(20)26(28,29)30)25(37)34-18-3-1-2-14(8-18)24(36)15-5-7-21-22(10-15)35-23(13-31-21)17-11-32-33-12-17/h1-13H,(H,32,33)(H,34,37). The highest BCUT2D eigenvalue weighted by Gasteiger charge is 2.33. The molecule has 0 aliphatic rings. The Morgan fingerprint density at radius 2 is 1.68 bits per heavy atom. The van der Waals surface area contributed by atoms with Crippen molar-refractivity contribution in [2.75, 3.05) is 5.32 Å². The normalized spacial score (nSPS) is 11.5. The summed E-state index contributed by atoms with van der Waals surface area (Å²) in [5.41, 5.74) is 1.97. The number of carbonyl (C=O) groups excluding carboxylic acids is 2. The number of nitrogens with zero attached hydrogens (tertiary/aromatic N) is 3. The van der Waals surface area contributed by atoms with Gasteiger partial charge in [-0.05, 0) is 48.5 Å². The number of aromatic amines is 1. The van der Waals surface area contributed by atoms with Gasteiger partial charge in [0.25, 0.3) is 5.91 Å². The Bertz CT molecular complexity index is 1650. The maximum Gasteiger partial charge on any atom is 0.417 e. The van der Waals surface area contributed by atoms with E-state index in [4.69, 9.17) is 11.6 Å². The minimum atomic E-state index is -4.71. The van der Waals surface area contributed by atoms with E-state index in [-0.39, 0.29) is 22.6 Å². The van der Waals surface area contributed by atoms with Gasteiger partial charge in [0, 0.05) is 34.1 Å². The second-order valence-corrected chi connectivity index (χ2v) is 8.41. The fraction of sp³-hybridized carbons (Fsp3) is 0.0385. The first-order chi connectivity index (χ1) is 17.7. The van der Waals surface area contributed by atoms with Gasteiger partial charge in [-0.3, -0.25) is 19.7 Å². The lowest BCUT2D eigenvalue weighted by molar-refractivity contribution is -0.137. The van der Waals surface area contributed by atoms with Gasteiger partial charge in [-0.1, -0.05) is 23.7 Å². The largest absolute Gasteiger partial charge is 0.417 e. The summed E-state index contributed by atoms with van der Waals surface area (Å²) in [5.74, 6) is -1.11. The number of hydrogen-bond acceptors (Lipinski definition) is 5. The average molecular weight is 522 g/mol. The third kappa shape index (κ3) is 5.05. The van der Waals surface area contributed by atoms with Crippen molar-refractivity contribution >= 4 is 40.0 Å². The number of alkyl halides is 3. The van der Waals surface area contributed by atoms with E-state index in [1.165, 1.54) is 18.2 Å². The summed E-state index contributed by atoms with van der Waals surface area (Å²) in [6, 6.07) is 13.9. The van der Waals surface area contributed by atoms with Gasteiger partial charge in [0.2, 0.25) is 0 Å². The molecule has 3 aromatic carbocycles. The minimum Gasteiger partial charge on any atom is -0.322 e. The Morgan fingerprint density at radius 3 is 2.43 bits per heavy atom. The van der Waals surface area contributed by atoms with Gasteiger partial charge in [-0.15, -0.1) is 0 Å². The third-order valence-corrected chi connectivity index (χ3v) is 5.84. The molecule has 0 aliphatic carbocycles. The molecule has 184 valence electrons. The molecule has 0 saturated carbocycles. The predicted octanol–water partition coefficient (Wildman–Crippen LogP) is 6.18. The Hall–Kier alpha value is -4.57. The molecule has 0 atom stereocenters. The predicted molar refractivity (Wildman–Crippen MR) is 131 cm³/mol. The first kappa shape index (κ1) is 24.1. The summed E-state index contributed by atoms with van der Waals surface area (Å²) < 4.78 is 39.4. The number of nitrogens with one attached hydrogen (secondary N) is 2. The van der Waals surface area contributed by atoms with Gasteiger partial charge in [-0.2, -0.15) is 18.3 Å². The van der Waals surface area contributed by atoms with Crippen molar-refractivity contribution in [2.24, 2.45) is 0 Å². The Balaban J connectivity index is 1.39. The molecule has 0 fully saturated rings. The van der Waals surface area contributed by atoms with Gasteiger partial charge in [0.15, 0.2) is 5.78 Å². The molecule has 37 heavy (non-hydrogen) atoms.